The molecule has 2 aromatic carbocycles. The Balaban J connectivity index is 2.57. The number of hydrogen-bond donors (Lipinski definition) is 1. The minimum atomic E-state index is -3.89. The first-order chi connectivity index (χ1) is 10.1. The lowest BCUT2D eigenvalue weighted by Crippen LogP contribution is -2.17. The molecule has 3 nitrogen and oxygen atoms in total. The molecule has 0 saturated heterocycles. The lowest BCUT2D eigenvalue weighted by molar-refractivity contribution is 0.597. The molecule has 0 radical (unpaired) electrons. The second kappa shape index (κ2) is 5.89. The molecule has 22 heavy (non-hydrogen) atoms. The largest absolute Gasteiger partial charge is 0.277 e. The molecule has 0 heterocycles. The summed E-state index contributed by atoms with van der Waals surface area (Å²) >= 11 is 5.68. The lowest BCUT2D eigenvalue weighted by Gasteiger charge is -2.17. The van der Waals surface area contributed by atoms with E-state index in [2.05, 4.69) is 4.72 Å². The molecule has 0 aromatic heterocycles. The van der Waals surface area contributed by atoms with E-state index in [0.717, 1.165) is 17.2 Å². The van der Waals surface area contributed by atoms with Crippen molar-refractivity contribution in [1.29, 1.82) is 0 Å². The van der Waals surface area contributed by atoms with Crippen molar-refractivity contribution in [3.8, 4) is 0 Å². The van der Waals surface area contributed by atoms with Crippen LogP contribution in [0.3, 0.4) is 0 Å². The van der Waals surface area contributed by atoms with E-state index in [0.29, 0.717) is 11.1 Å². The van der Waals surface area contributed by atoms with Gasteiger partial charge in [-0.1, -0.05) is 17.7 Å². The van der Waals surface area contributed by atoms with Crippen LogP contribution in [0.5, 0.6) is 0 Å². The number of halogens is 2. The van der Waals surface area contributed by atoms with E-state index in [-0.39, 0.29) is 15.6 Å². The number of nitrogens with one attached hydrogen (secondary N) is 1. The minimum Gasteiger partial charge on any atom is -0.277 e. The Hall–Kier alpha value is -1.59. The summed E-state index contributed by atoms with van der Waals surface area (Å²) in [5.41, 5.74) is 2.94. The summed E-state index contributed by atoms with van der Waals surface area (Å²) in [4.78, 5) is 0.194. The molecule has 0 unspecified atom stereocenters. The minimum absolute atomic E-state index is 0.123. The third-order valence-corrected chi connectivity index (χ3v) is 5.61. The predicted octanol–water partition coefficient (Wildman–Crippen LogP) is 4.51. The Morgan fingerprint density at radius 2 is 1.55 bits per heavy atom. The molecule has 0 atom stereocenters. The third kappa shape index (κ3) is 3.10. The van der Waals surface area contributed by atoms with Gasteiger partial charge in [0, 0.05) is 5.02 Å². The Labute approximate surface area is 135 Å². The maximum Gasteiger partial charge on any atom is 0.262 e. The molecule has 0 spiro atoms. The number of sulfonamides is 1. The molecule has 0 fully saturated rings. The van der Waals surface area contributed by atoms with Crippen molar-refractivity contribution in [2.45, 2.75) is 32.6 Å². The molecule has 2 rings (SSSR count). The van der Waals surface area contributed by atoms with Crippen molar-refractivity contribution >= 4 is 27.3 Å². The Bertz CT molecular complexity index is 821. The zero-order valence-corrected chi connectivity index (χ0v) is 14.4. The molecule has 0 aliphatic heterocycles. The summed E-state index contributed by atoms with van der Waals surface area (Å²) < 4.78 is 41.5. The Morgan fingerprint density at radius 3 is 2.05 bits per heavy atom. The fourth-order valence-electron chi connectivity index (χ4n) is 2.35. The summed E-state index contributed by atoms with van der Waals surface area (Å²) in [6.45, 7) is 7.19. The summed E-state index contributed by atoms with van der Waals surface area (Å²) in [7, 11) is -3.89. The van der Waals surface area contributed by atoms with E-state index in [1.54, 1.807) is 13.8 Å². The maximum atomic E-state index is 13.8. The van der Waals surface area contributed by atoms with Gasteiger partial charge in [0.05, 0.1) is 10.6 Å². The van der Waals surface area contributed by atoms with Crippen LogP contribution in [0.4, 0.5) is 10.1 Å². The van der Waals surface area contributed by atoms with Crippen LogP contribution in [-0.4, -0.2) is 8.42 Å². The summed E-state index contributed by atoms with van der Waals surface area (Å²) in [6, 6.07) is 5.75. The first kappa shape index (κ1) is 16.8. The molecular weight excluding hydrogens is 325 g/mol. The van der Waals surface area contributed by atoms with Gasteiger partial charge in [-0.25, -0.2) is 12.8 Å². The highest BCUT2D eigenvalue weighted by Gasteiger charge is 2.23. The van der Waals surface area contributed by atoms with E-state index in [9.17, 15) is 12.8 Å². The van der Waals surface area contributed by atoms with Crippen LogP contribution in [0.1, 0.15) is 22.3 Å². The van der Waals surface area contributed by atoms with Crippen LogP contribution in [0.25, 0.3) is 0 Å². The van der Waals surface area contributed by atoms with Gasteiger partial charge >= 0.3 is 0 Å². The molecule has 2 aromatic rings. The topological polar surface area (TPSA) is 46.2 Å². The highest BCUT2D eigenvalue weighted by molar-refractivity contribution is 7.92. The average Bonchev–Trinajstić information content (AvgIpc) is 2.40. The van der Waals surface area contributed by atoms with Crippen LogP contribution in [0.2, 0.25) is 5.02 Å². The van der Waals surface area contributed by atoms with E-state index in [4.69, 9.17) is 11.6 Å². The van der Waals surface area contributed by atoms with Crippen LogP contribution < -0.4 is 4.72 Å². The normalized spacial score (nSPS) is 11.5. The van der Waals surface area contributed by atoms with Crippen molar-refractivity contribution in [2.24, 2.45) is 0 Å². The van der Waals surface area contributed by atoms with Crippen LogP contribution >= 0.6 is 11.6 Å². The molecule has 118 valence electrons. The summed E-state index contributed by atoms with van der Waals surface area (Å²) in [6.07, 6.45) is 0. The van der Waals surface area contributed by atoms with Gasteiger partial charge in [-0.2, -0.15) is 0 Å². The van der Waals surface area contributed by atoms with E-state index in [1.807, 2.05) is 19.9 Å². The first-order valence-electron chi connectivity index (χ1n) is 6.68. The van der Waals surface area contributed by atoms with Crippen LogP contribution in [0, 0.1) is 33.5 Å². The number of benzene rings is 2. The number of rotatable bonds is 3. The smallest absolute Gasteiger partial charge is 0.262 e. The van der Waals surface area contributed by atoms with Gasteiger partial charge in [-0.15, -0.1) is 0 Å². The van der Waals surface area contributed by atoms with Gasteiger partial charge < -0.3 is 0 Å². The second-order valence-electron chi connectivity index (χ2n) is 5.32. The van der Waals surface area contributed by atoms with Crippen molar-refractivity contribution in [2.75, 3.05) is 4.72 Å². The van der Waals surface area contributed by atoms with Gasteiger partial charge in [0.2, 0.25) is 0 Å². The maximum absolute atomic E-state index is 13.8. The highest BCUT2D eigenvalue weighted by Crippen LogP contribution is 2.29. The Morgan fingerprint density at radius 1 is 1.00 bits per heavy atom. The highest BCUT2D eigenvalue weighted by atomic mass is 35.5. The third-order valence-electron chi connectivity index (χ3n) is 3.74. The monoisotopic (exact) mass is 341 g/mol. The SMILES string of the molecule is Cc1cc(C)c(C)c(S(=O)(=O)Nc2ccc(Cl)cc2F)c1C. The van der Waals surface area contributed by atoms with Crippen molar-refractivity contribution in [3.05, 3.63) is 57.4 Å². The molecule has 0 bridgehead atoms. The zero-order valence-electron chi connectivity index (χ0n) is 12.8. The van der Waals surface area contributed by atoms with Crippen molar-refractivity contribution < 1.29 is 12.8 Å². The first-order valence-corrected chi connectivity index (χ1v) is 8.55. The summed E-state index contributed by atoms with van der Waals surface area (Å²) in [5.74, 6) is -0.712. The van der Waals surface area contributed by atoms with Gasteiger partial charge in [-0.05, 0) is 68.1 Å². The average molecular weight is 342 g/mol. The van der Waals surface area contributed by atoms with Gasteiger partial charge in [0.25, 0.3) is 10.0 Å². The summed E-state index contributed by atoms with van der Waals surface area (Å²) in [5, 5.41) is 0.208. The molecule has 0 saturated carbocycles. The van der Waals surface area contributed by atoms with Gasteiger partial charge in [-0.3, -0.25) is 4.72 Å². The number of hydrogen-bond acceptors (Lipinski definition) is 2. The molecule has 0 aliphatic rings. The zero-order chi connectivity index (χ0) is 16.7. The lowest BCUT2D eigenvalue weighted by atomic mass is 10.0. The van der Waals surface area contributed by atoms with Crippen LogP contribution in [-0.2, 0) is 10.0 Å². The van der Waals surface area contributed by atoms with E-state index < -0.39 is 15.8 Å². The number of anilines is 1. The quantitative estimate of drug-likeness (QED) is 0.892. The van der Waals surface area contributed by atoms with Gasteiger partial charge in [0.1, 0.15) is 5.82 Å². The van der Waals surface area contributed by atoms with Crippen LogP contribution in [0.15, 0.2) is 29.2 Å². The fraction of sp³-hybridized carbons (Fsp3) is 0.250. The van der Waals surface area contributed by atoms with E-state index >= 15 is 0 Å². The molecular formula is C16H17ClFNO2S. The number of aryl methyl sites for hydroxylation is 2. The van der Waals surface area contributed by atoms with Gasteiger partial charge in [0.15, 0.2) is 0 Å². The fourth-order valence-corrected chi connectivity index (χ4v) is 4.20. The molecule has 6 heteroatoms. The molecule has 0 amide bonds. The molecule has 1 N–H and O–H groups in total. The second-order valence-corrected chi connectivity index (χ2v) is 7.37. The van der Waals surface area contributed by atoms with E-state index in [1.165, 1.54) is 12.1 Å². The predicted molar refractivity (Wildman–Crippen MR) is 87.6 cm³/mol. The molecule has 0 aliphatic carbocycles. The van der Waals surface area contributed by atoms with Crippen molar-refractivity contribution in [3.63, 3.8) is 0 Å². The Kier molecular flexibility index (Phi) is 4.49. The standard InChI is InChI=1S/C16H17ClFNO2S/c1-9-7-10(2)12(4)16(11(9)3)22(20,21)19-15-6-5-13(17)8-14(15)18/h5-8,19H,1-4H3. The van der Waals surface area contributed by atoms with Crippen molar-refractivity contribution in [1.82, 2.24) is 0 Å².